The van der Waals surface area contributed by atoms with E-state index >= 15 is 0 Å². The lowest BCUT2D eigenvalue weighted by molar-refractivity contribution is -0.139. The van der Waals surface area contributed by atoms with Gasteiger partial charge in [0.15, 0.2) is 0 Å². The standard InChI is InChI=1S/C14H11ClF4N2.C4H7NO2/c1-8(15)12-6-5-9(7-20-12)21-13-10(14(17,18)19)3-2-4-11(13)16;5-4(1-2-4)3(6)7/h2-8,21H,1H3;1-2,5H2,(H,6,7). The Morgan fingerprint density at radius 1 is 1.32 bits per heavy atom. The van der Waals surface area contributed by atoms with Crippen molar-refractivity contribution >= 4 is 28.9 Å². The fourth-order valence-corrected chi connectivity index (χ4v) is 2.22. The third-order valence-corrected chi connectivity index (χ3v) is 4.22. The van der Waals surface area contributed by atoms with Gasteiger partial charge in [0.25, 0.3) is 0 Å². The summed E-state index contributed by atoms with van der Waals surface area (Å²) < 4.78 is 52.3. The van der Waals surface area contributed by atoms with Gasteiger partial charge in [-0.2, -0.15) is 13.2 Å². The van der Waals surface area contributed by atoms with E-state index < -0.39 is 34.8 Å². The molecule has 1 aliphatic rings. The van der Waals surface area contributed by atoms with Crippen molar-refractivity contribution in [3.63, 3.8) is 0 Å². The highest BCUT2D eigenvalue weighted by molar-refractivity contribution is 6.20. The Balaban J connectivity index is 0.000000336. The van der Waals surface area contributed by atoms with Gasteiger partial charge in [-0.1, -0.05) is 6.07 Å². The van der Waals surface area contributed by atoms with Gasteiger partial charge in [0, 0.05) is 0 Å². The maximum absolute atomic E-state index is 13.7. The number of halogens is 5. The Morgan fingerprint density at radius 2 is 1.96 bits per heavy atom. The van der Waals surface area contributed by atoms with Crippen LogP contribution in [0.15, 0.2) is 36.5 Å². The summed E-state index contributed by atoms with van der Waals surface area (Å²) in [4.78, 5) is 14.0. The number of nitrogens with zero attached hydrogens (tertiary/aromatic N) is 1. The average Bonchev–Trinajstić information content (AvgIpc) is 3.36. The van der Waals surface area contributed by atoms with Gasteiger partial charge in [-0.25, -0.2) is 4.39 Å². The van der Waals surface area contributed by atoms with Crippen molar-refractivity contribution in [2.45, 2.75) is 36.9 Å². The number of hydrogen-bond donors (Lipinski definition) is 3. The second-order valence-corrected chi connectivity index (χ2v) is 6.99. The van der Waals surface area contributed by atoms with Crippen LogP contribution in [0.3, 0.4) is 0 Å². The predicted octanol–water partition coefficient (Wildman–Crippen LogP) is 4.85. The van der Waals surface area contributed by atoms with Crippen LogP contribution in [-0.2, 0) is 11.0 Å². The summed E-state index contributed by atoms with van der Waals surface area (Å²) in [5.41, 5.74) is 3.48. The number of carbonyl (C=O) groups is 1. The number of nitrogens with one attached hydrogen (secondary N) is 1. The quantitative estimate of drug-likeness (QED) is 0.487. The van der Waals surface area contributed by atoms with E-state index in [0.29, 0.717) is 18.5 Å². The van der Waals surface area contributed by atoms with Crippen LogP contribution in [0, 0.1) is 5.82 Å². The van der Waals surface area contributed by atoms with E-state index in [1.165, 1.54) is 12.3 Å². The lowest BCUT2D eigenvalue weighted by Crippen LogP contribution is -2.31. The summed E-state index contributed by atoms with van der Waals surface area (Å²) in [5.74, 6) is -1.85. The van der Waals surface area contributed by atoms with Gasteiger partial charge in [0.2, 0.25) is 0 Å². The summed E-state index contributed by atoms with van der Waals surface area (Å²) in [6, 6.07) is 5.84. The zero-order valence-corrected chi connectivity index (χ0v) is 15.5. The molecule has 1 fully saturated rings. The summed E-state index contributed by atoms with van der Waals surface area (Å²) in [6.07, 6.45) is -2.06. The number of anilines is 2. The van der Waals surface area contributed by atoms with E-state index in [1.54, 1.807) is 13.0 Å². The maximum Gasteiger partial charge on any atom is 0.418 e. The van der Waals surface area contributed by atoms with Crippen molar-refractivity contribution in [2.75, 3.05) is 5.32 Å². The van der Waals surface area contributed by atoms with E-state index in [4.69, 9.17) is 22.4 Å². The molecule has 2 aromatic rings. The van der Waals surface area contributed by atoms with Gasteiger partial charge in [-0.3, -0.25) is 9.78 Å². The molecular weight excluding hydrogens is 402 g/mol. The number of pyridine rings is 1. The topological polar surface area (TPSA) is 88.2 Å². The molecule has 1 aromatic heterocycles. The van der Waals surface area contributed by atoms with Crippen LogP contribution in [-0.4, -0.2) is 21.6 Å². The SMILES string of the molecule is CC(Cl)c1ccc(Nc2c(F)cccc2C(F)(F)F)cn1.NC1(C(=O)O)CC1. The first-order valence-electron chi connectivity index (χ1n) is 8.19. The molecule has 0 radical (unpaired) electrons. The molecule has 0 spiro atoms. The normalized spacial score (nSPS) is 15.8. The van der Waals surface area contributed by atoms with Crippen LogP contribution in [0.5, 0.6) is 0 Å². The third-order valence-electron chi connectivity index (χ3n) is 4.00. The number of benzene rings is 1. The lowest BCUT2D eigenvalue weighted by atomic mass is 10.1. The van der Waals surface area contributed by atoms with Gasteiger partial charge in [0.1, 0.15) is 11.4 Å². The number of aromatic nitrogens is 1. The Bertz CT molecular complexity index is 838. The molecule has 3 rings (SSSR count). The Labute approximate surface area is 163 Å². The summed E-state index contributed by atoms with van der Waals surface area (Å²) in [5, 5.41) is 10.3. The summed E-state index contributed by atoms with van der Waals surface area (Å²) in [6.45, 7) is 1.72. The van der Waals surface area contributed by atoms with Crippen LogP contribution in [0.2, 0.25) is 0 Å². The van der Waals surface area contributed by atoms with Crippen LogP contribution in [0.4, 0.5) is 28.9 Å². The Hall–Kier alpha value is -2.39. The molecule has 1 aliphatic carbocycles. The zero-order valence-electron chi connectivity index (χ0n) is 14.7. The minimum Gasteiger partial charge on any atom is -0.480 e. The molecule has 28 heavy (non-hydrogen) atoms. The molecule has 1 atom stereocenters. The van der Waals surface area contributed by atoms with Crippen molar-refractivity contribution in [1.82, 2.24) is 4.98 Å². The first-order valence-corrected chi connectivity index (χ1v) is 8.63. The molecule has 1 heterocycles. The van der Waals surface area contributed by atoms with E-state index in [9.17, 15) is 22.4 Å². The average molecular weight is 420 g/mol. The van der Waals surface area contributed by atoms with Crippen molar-refractivity contribution in [2.24, 2.45) is 5.73 Å². The number of nitrogens with two attached hydrogens (primary N) is 1. The number of alkyl halides is 4. The number of para-hydroxylation sites is 1. The van der Waals surface area contributed by atoms with E-state index in [0.717, 1.165) is 18.2 Å². The van der Waals surface area contributed by atoms with Crippen molar-refractivity contribution in [1.29, 1.82) is 0 Å². The fourth-order valence-electron chi connectivity index (χ4n) is 2.09. The Morgan fingerprint density at radius 3 is 2.36 bits per heavy atom. The van der Waals surface area contributed by atoms with Crippen LogP contribution in [0.1, 0.15) is 36.4 Å². The lowest BCUT2D eigenvalue weighted by Gasteiger charge is -2.15. The van der Waals surface area contributed by atoms with Crippen molar-refractivity contribution < 1.29 is 27.5 Å². The van der Waals surface area contributed by atoms with E-state index in [-0.39, 0.29) is 11.1 Å². The molecule has 0 aliphatic heterocycles. The third kappa shape index (κ3) is 5.56. The van der Waals surface area contributed by atoms with Gasteiger partial charge < -0.3 is 16.2 Å². The van der Waals surface area contributed by atoms with Crippen LogP contribution >= 0.6 is 11.6 Å². The highest BCUT2D eigenvalue weighted by Crippen LogP contribution is 2.37. The van der Waals surface area contributed by atoms with E-state index in [2.05, 4.69) is 10.3 Å². The maximum atomic E-state index is 13.7. The fraction of sp³-hybridized carbons (Fsp3) is 0.333. The number of hydrogen-bond acceptors (Lipinski definition) is 4. The highest BCUT2D eigenvalue weighted by Gasteiger charge is 2.46. The largest absolute Gasteiger partial charge is 0.480 e. The van der Waals surface area contributed by atoms with Crippen molar-refractivity contribution in [3.05, 3.63) is 53.6 Å². The molecule has 0 amide bonds. The number of rotatable bonds is 4. The van der Waals surface area contributed by atoms with Crippen LogP contribution in [0.25, 0.3) is 0 Å². The molecule has 5 nitrogen and oxygen atoms in total. The summed E-state index contributed by atoms with van der Waals surface area (Å²) >= 11 is 5.83. The van der Waals surface area contributed by atoms with E-state index in [1.807, 2.05) is 0 Å². The monoisotopic (exact) mass is 419 g/mol. The number of aliphatic carboxylic acids is 1. The Kier molecular flexibility index (Phi) is 6.51. The smallest absolute Gasteiger partial charge is 0.418 e. The number of carboxylic acids is 1. The molecular formula is C18H18ClF4N3O2. The highest BCUT2D eigenvalue weighted by atomic mass is 35.5. The second kappa shape index (κ2) is 8.32. The second-order valence-electron chi connectivity index (χ2n) is 6.33. The minimum absolute atomic E-state index is 0.242. The molecule has 1 aromatic carbocycles. The molecule has 1 saturated carbocycles. The first kappa shape index (κ1) is 21.9. The predicted molar refractivity (Wildman–Crippen MR) is 97.0 cm³/mol. The zero-order chi connectivity index (χ0) is 21.1. The van der Waals surface area contributed by atoms with Gasteiger partial charge in [-0.05, 0) is 44.0 Å². The minimum atomic E-state index is -4.65. The molecule has 0 saturated heterocycles. The van der Waals surface area contributed by atoms with Gasteiger partial charge in [-0.15, -0.1) is 11.6 Å². The van der Waals surface area contributed by atoms with Gasteiger partial charge >= 0.3 is 12.1 Å². The molecule has 1 unspecified atom stereocenters. The molecule has 4 N–H and O–H groups in total. The summed E-state index contributed by atoms with van der Waals surface area (Å²) in [7, 11) is 0. The van der Waals surface area contributed by atoms with Gasteiger partial charge in [0.05, 0.1) is 34.2 Å². The molecule has 0 bridgehead atoms. The first-order chi connectivity index (χ1) is 12.9. The molecule has 10 heteroatoms. The van der Waals surface area contributed by atoms with Crippen molar-refractivity contribution in [3.8, 4) is 0 Å². The number of carboxylic acid groups (broad SMARTS) is 1. The van der Waals surface area contributed by atoms with Crippen LogP contribution < -0.4 is 11.1 Å². The molecule has 152 valence electrons.